The van der Waals surface area contributed by atoms with Gasteiger partial charge in [0.15, 0.2) is 0 Å². The second-order valence-electron chi connectivity index (χ2n) is 4.20. The molecule has 0 aromatic carbocycles. The smallest absolute Gasteiger partial charge is 0.0810 e. The Morgan fingerprint density at radius 1 is 1.64 bits per heavy atom. The van der Waals surface area contributed by atoms with Crippen molar-refractivity contribution in [2.75, 3.05) is 20.6 Å². The molecule has 0 saturated heterocycles. The maximum atomic E-state index is 4.54. The molecular formula is C10H18N4. The maximum absolute atomic E-state index is 4.54. The van der Waals surface area contributed by atoms with Crippen LogP contribution < -0.4 is 5.32 Å². The van der Waals surface area contributed by atoms with E-state index in [4.69, 9.17) is 0 Å². The van der Waals surface area contributed by atoms with Crippen molar-refractivity contribution in [3.05, 3.63) is 17.5 Å². The number of nitrogens with one attached hydrogen (secondary N) is 1. The highest BCUT2D eigenvalue weighted by atomic mass is 15.3. The van der Waals surface area contributed by atoms with E-state index in [0.29, 0.717) is 6.04 Å². The number of likely N-dealkylation sites (N-methyl/N-ethyl adjacent to an activating group) is 1. The van der Waals surface area contributed by atoms with Crippen LogP contribution in [-0.4, -0.2) is 35.3 Å². The highest BCUT2D eigenvalue weighted by molar-refractivity contribution is 5.25. The molecule has 0 fully saturated rings. The van der Waals surface area contributed by atoms with E-state index < -0.39 is 0 Å². The lowest BCUT2D eigenvalue weighted by Crippen LogP contribution is -2.19. The van der Waals surface area contributed by atoms with Crippen LogP contribution in [0, 0.1) is 0 Å². The fraction of sp³-hybridized carbons (Fsp3) is 0.700. The van der Waals surface area contributed by atoms with E-state index in [9.17, 15) is 0 Å². The van der Waals surface area contributed by atoms with Crippen molar-refractivity contribution >= 4 is 0 Å². The highest BCUT2D eigenvalue weighted by Gasteiger charge is 2.21. The number of hydrogen-bond acceptors (Lipinski definition) is 3. The molecule has 1 aromatic heterocycles. The van der Waals surface area contributed by atoms with Gasteiger partial charge in [-0.05, 0) is 21.0 Å². The lowest BCUT2D eigenvalue weighted by Gasteiger charge is -2.09. The molecule has 1 aliphatic heterocycles. The minimum Gasteiger partial charge on any atom is -0.308 e. The Balaban J connectivity index is 2.04. The van der Waals surface area contributed by atoms with Gasteiger partial charge in [-0.25, -0.2) is 0 Å². The maximum Gasteiger partial charge on any atom is 0.0810 e. The third kappa shape index (κ3) is 1.81. The molecule has 1 aliphatic rings. The average molecular weight is 194 g/mol. The summed E-state index contributed by atoms with van der Waals surface area (Å²) in [6.07, 6.45) is 2.17. The first-order valence-electron chi connectivity index (χ1n) is 5.11. The quantitative estimate of drug-likeness (QED) is 0.765. The first kappa shape index (κ1) is 9.68. The second kappa shape index (κ2) is 3.71. The van der Waals surface area contributed by atoms with E-state index >= 15 is 0 Å². The van der Waals surface area contributed by atoms with Crippen molar-refractivity contribution in [1.82, 2.24) is 20.0 Å². The molecule has 1 N–H and O–H groups in total. The molecular weight excluding hydrogens is 176 g/mol. The molecule has 0 radical (unpaired) electrons. The normalized spacial score (nSPS) is 20.4. The van der Waals surface area contributed by atoms with Gasteiger partial charge in [0.2, 0.25) is 0 Å². The molecule has 0 aliphatic carbocycles. The fourth-order valence-corrected chi connectivity index (χ4v) is 1.75. The molecule has 0 amide bonds. The summed E-state index contributed by atoms with van der Waals surface area (Å²) in [6, 6.07) is 0.470. The predicted molar refractivity (Wildman–Crippen MR) is 56.0 cm³/mol. The lowest BCUT2D eigenvalue weighted by atomic mass is 10.2. The van der Waals surface area contributed by atoms with Gasteiger partial charge in [-0.3, -0.25) is 4.68 Å². The van der Waals surface area contributed by atoms with Crippen LogP contribution in [0.4, 0.5) is 0 Å². The van der Waals surface area contributed by atoms with Gasteiger partial charge < -0.3 is 10.2 Å². The van der Waals surface area contributed by atoms with Gasteiger partial charge in [0.1, 0.15) is 0 Å². The number of hydrogen-bond donors (Lipinski definition) is 1. The topological polar surface area (TPSA) is 33.1 Å². The average Bonchev–Trinajstić information content (AvgIpc) is 2.65. The van der Waals surface area contributed by atoms with Gasteiger partial charge in [-0.2, -0.15) is 5.10 Å². The molecule has 0 saturated carbocycles. The third-order valence-corrected chi connectivity index (χ3v) is 2.69. The lowest BCUT2D eigenvalue weighted by molar-refractivity contribution is 0.371. The summed E-state index contributed by atoms with van der Waals surface area (Å²) < 4.78 is 2.06. The van der Waals surface area contributed by atoms with Crippen LogP contribution in [0.2, 0.25) is 0 Å². The summed E-state index contributed by atoms with van der Waals surface area (Å²) in [7, 11) is 4.17. The van der Waals surface area contributed by atoms with Crippen molar-refractivity contribution in [2.45, 2.75) is 26.1 Å². The van der Waals surface area contributed by atoms with Crippen molar-refractivity contribution in [2.24, 2.45) is 0 Å². The zero-order valence-electron chi connectivity index (χ0n) is 9.12. The molecule has 4 nitrogen and oxygen atoms in total. The van der Waals surface area contributed by atoms with Gasteiger partial charge in [0, 0.05) is 30.9 Å². The zero-order valence-corrected chi connectivity index (χ0v) is 9.12. The number of nitrogens with zero attached hydrogens (tertiary/aromatic N) is 3. The Hall–Kier alpha value is -0.870. The van der Waals surface area contributed by atoms with Crippen molar-refractivity contribution in [3.63, 3.8) is 0 Å². The molecule has 4 heteroatoms. The van der Waals surface area contributed by atoms with Crippen LogP contribution in [0.3, 0.4) is 0 Å². The standard InChI is InChI=1S/C10H18N4/c1-8-9-7-14(5-4-13(2)3)12-10(9)6-11-8/h7-8,11H,4-6H2,1-3H3. The Labute approximate surface area is 84.9 Å². The molecule has 1 unspecified atom stereocenters. The zero-order chi connectivity index (χ0) is 10.1. The van der Waals surface area contributed by atoms with Crippen LogP contribution in [-0.2, 0) is 13.1 Å². The van der Waals surface area contributed by atoms with E-state index in [2.05, 4.69) is 47.2 Å². The minimum absolute atomic E-state index is 0.470. The summed E-state index contributed by atoms with van der Waals surface area (Å²) >= 11 is 0. The van der Waals surface area contributed by atoms with Crippen molar-refractivity contribution in [1.29, 1.82) is 0 Å². The van der Waals surface area contributed by atoms with Crippen LogP contribution in [0.25, 0.3) is 0 Å². The van der Waals surface area contributed by atoms with E-state index in [1.165, 1.54) is 11.3 Å². The van der Waals surface area contributed by atoms with Crippen LogP contribution in [0.15, 0.2) is 6.20 Å². The summed E-state index contributed by atoms with van der Waals surface area (Å²) in [5.74, 6) is 0. The number of fused-ring (bicyclic) bond motifs is 1. The second-order valence-corrected chi connectivity index (χ2v) is 4.20. The Morgan fingerprint density at radius 3 is 3.07 bits per heavy atom. The van der Waals surface area contributed by atoms with Gasteiger partial charge in [0.25, 0.3) is 0 Å². The van der Waals surface area contributed by atoms with Crippen LogP contribution in [0.1, 0.15) is 24.2 Å². The summed E-state index contributed by atoms with van der Waals surface area (Å²) in [5.41, 5.74) is 2.58. The molecule has 0 bridgehead atoms. The largest absolute Gasteiger partial charge is 0.308 e. The molecule has 2 rings (SSSR count). The molecule has 78 valence electrons. The monoisotopic (exact) mass is 194 g/mol. The molecule has 1 atom stereocenters. The molecule has 1 aromatic rings. The first-order valence-corrected chi connectivity index (χ1v) is 5.11. The van der Waals surface area contributed by atoms with Gasteiger partial charge >= 0.3 is 0 Å². The van der Waals surface area contributed by atoms with Gasteiger partial charge in [0.05, 0.1) is 12.2 Å². The fourth-order valence-electron chi connectivity index (χ4n) is 1.75. The van der Waals surface area contributed by atoms with Crippen molar-refractivity contribution < 1.29 is 0 Å². The third-order valence-electron chi connectivity index (χ3n) is 2.69. The van der Waals surface area contributed by atoms with Crippen LogP contribution >= 0.6 is 0 Å². The summed E-state index contributed by atoms with van der Waals surface area (Å²) in [4.78, 5) is 2.18. The van der Waals surface area contributed by atoms with E-state index in [1.54, 1.807) is 0 Å². The Kier molecular flexibility index (Phi) is 2.56. The van der Waals surface area contributed by atoms with Crippen LogP contribution in [0.5, 0.6) is 0 Å². The highest BCUT2D eigenvalue weighted by Crippen LogP contribution is 2.22. The number of rotatable bonds is 3. The Bertz CT molecular complexity index is 316. The summed E-state index contributed by atoms with van der Waals surface area (Å²) in [5, 5.41) is 7.91. The predicted octanol–water partition coefficient (Wildman–Crippen LogP) is 0.609. The summed E-state index contributed by atoms with van der Waals surface area (Å²) in [6.45, 7) is 5.13. The SMILES string of the molecule is CC1NCc2nn(CCN(C)C)cc21. The van der Waals surface area contributed by atoms with Gasteiger partial charge in [-0.15, -0.1) is 0 Å². The van der Waals surface area contributed by atoms with E-state index in [-0.39, 0.29) is 0 Å². The first-order chi connectivity index (χ1) is 6.66. The minimum atomic E-state index is 0.470. The Morgan fingerprint density at radius 2 is 2.43 bits per heavy atom. The van der Waals surface area contributed by atoms with Gasteiger partial charge in [-0.1, -0.05) is 0 Å². The number of aromatic nitrogens is 2. The molecule has 0 spiro atoms. The van der Waals surface area contributed by atoms with Crippen molar-refractivity contribution in [3.8, 4) is 0 Å². The molecule has 2 heterocycles. The molecule has 14 heavy (non-hydrogen) atoms. The van der Waals surface area contributed by atoms with E-state index in [0.717, 1.165) is 19.6 Å². The van der Waals surface area contributed by atoms with E-state index in [1.807, 2.05) is 0 Å².